The number of hydrogen-bond acceptors (Lipinski definition) is 4. The van der Waals surface area contributed by atoms with Crippen molar-refractivity contribution in [2.75, 3.05) is 20.1 Å². The van der Waals surface area contributed by atoms with Gasteiger partial charge in [-0.25, -0.2) is 12.8 Å². The molecule has 0 unspecified atom stereocenters. The lowest BCUT2D eigenvalue weighted by atomic mass is 10.1. The minimum absolute atomic E-state index is 0.0804. The monoisotopic (exact) mass is 398 g/mol. The van der Waals surface area contributed by atoms with Gasteiger partial charge in [-0.15, -0.1) is 11.3 Å². The predicted octanol–water partition coefficient (Wildman–Crippen LogP) is 3.75. The van der Waals surface area contributed by atoms with Gasteiger partial charge in [0.1, 0.15) is 5.82 Å². The van der Waals surface area contributed by atoms with Crippen LogP contribution in [-0.2, 0) is 10.0 Å². The predicted molar refractivity (Wildman–Crippen MR) is 101 cm³/mol. The first-order chi connectivity index (χ1) is 12.2. The molecule has 0 radical (unpaired) electrons. The van der Waals surface area contributed by atoms with Crippen molar-refractivity contribution in [2.24, 2.45) is 0 Å². The van der Waals surface area contributed by atoms with Crippen LogP contribution in [-0.4, -0.2) is 43.7 Å². The highest BCUT2D eigenvalue weighted by Crippen LogP contribution is 2.26. The lowest BCUT2D eigenvalue weighted by Crippen LogP contribution is -2.32. The van der Waals surface area contributed by atoms with Gasteiger partial charge in [-0.1, -0.05) is 19.9 Å². The summed E-state index contributed by atoms with van der Waals surface area (Å²) in [4.78, 5) is 15.1. The first kappa shape index (κ1) is 20.5. The number of rotatable bonds is 7. The van der Waals surface area contributed by atoms with E-state index in [9.17, 15) is 17.6 Å². The fourth-order valence-corrected chi connectivity index (χ4v) is 4.94. The fourth-order valence-electron chi connectivity index (χ4n) is 2.63. The Balaban J connectivity index is 2.39. The van der Waals surface area contributed by atoms with E-state index >= 15 is 0 Å². The van der Waals surface area contributed by atoms with Gasteiger partial charge in [0.2, 0.25) is 10.0 Å². The molecule has 1 atom stereocenters. The second-order valence-electron chi connectivity index (χ2n) is 5.84. The van der Waals surface area contributed by atoms with Crippen molar-refractivity contribution < 1.29 is 17.6 Å². The van der Waals surface area contributed by atoms with Gasteiger partial charge in [0.15, 0.2) is 0 Å². The molecule has 2 aromatic rings. The van der Waals surface area contributed by atoms with Crippen molar-refractivity contribution in [3.8, 4) is 0 Å². The molecule has 8 heteroatoms. The molecule has 0 spiro atoms. The largest absolute Gasteiger partial charge is 0.334 e. The molecule has 0 bridgehead atoms. The van der Waals surface area contributed by atoms with Gasteiger partial charge in [0.05, 0.1) is 16.5 Å². The third-order valence-electron chi connectivity index (χ3n) is 4.37. The molecular formula is C18H23FN2O3S2. The number of hydrogen-bond donors (Lipinski definition) is 0. The lowest BCUT2D eigenvalue weighted by Gasteiger charge is -2.25. The maximum atomic E-state index is 14.3. The zero-order chi connectivity index (χ0) is 19.5. The molecule has 0 aliphatic carbocycles. The van der Waals surface area contributed by atoms with Crippen LogP contribution in [0.3, 0.4) is 0 Å². The molecule has 1 aromatic heterocycles. The van der Waals surface area contributed by atoms with E-state index in [-0.39, 0.29) is 16.5 Å². The molecule has 0 aliphatic rings. The van der Waals surface area contributed by atoms with E-state index in [2.05, 4.69) is 0 Å². The van der Waals surface area contributed by atoms with E-state index in [0.717, 1.165) is 17.0 Å². The van der Waals surface area contributed by atoms with Crippen LogP contribution in [0.4, 0.5) is 4.39 Å². The minimum Gasteiger partial charge on any atom is -0.334 e. The van der Waals surface area contributed by atoms with Gasteiger partial charge in [-0.2, -0.15) is 4.31 Å². The van der Waals surface area contributed by atoms with E-state index in [1.165, 1.54) is 26.6 Å². The van der Waals surface area contributed by atoms with Crippen molar-refractivity contribution in [2.45, 2.75) is 31.7 Å². The summed E-state index contributed by atoms with van der Waals surface area (Å²) < 4.78 is 40.9. The smallest absolute Gasteiger partial charge is 0.257 e. The SMILES string of the molecule is CCN(CC)S(=O)(=O)c1ccc(F)c(C(=O)N(C)[C@H](C)c2cccs2)c1. The number of halogens is 1. The standard InChI is InChI=1S/C18H23FN2O3S2/c1-5-21(6-2)26(23,24)14-9-10-16(19)15(12-14)18(22)20(4)13(3)17-8-7-11-25-17/h7-13H,5-6H2,1-4H3/t13-/m1/s1. The summed E-state index contributed by atoms with van der Waals surface area (Å²) in [5.74, 6) is -1.29. The van der Waals surface area contributed by atoms with E-state index in [0.29, 0.717) is 13.1 Å². The zero-order valence-electron chi connectivity index (χ0n) is 15.3. The summed E-state index contributed by atoms with van der Waals surface area (Å²) in [5.41, 5.74) is -0.246. The number of carbonyl (C=O) groups is 1. The molecule has 0 fully saturated rings. The van der Waals surface area contributed by atoms with Gasteiger partial charge in [0.25, 0.3) is 5.91 Å². The Morgan fingerprint density at radius 2 is 1.88 bits per heavy atom. The summed E-state index contributed by atoms with van der Waals surface area (Å²) in [5, 5.41) is 1.90. The molecule has 5 nitrogen and oxygen atoms in total. The van der Waals surface area contributed by atoms with E-state index in [1.54, 1.807) is 20.9 Å². The second kappa shape index (κ2) is 8.28. The number of sulfonamides is 1. The molecule has 0 N–H and O–H groups in total. The lowest BCUT2D eigenvalue weighted by molar-refractivity contribution is 0.0740. The van der Waals surface area contributed by atoms with Crippen LogP contribution in [0, 0.1) is 5.82 Å². The molecule has 0 saturated carbocycles. The second-order valence-corrected chi connectivity index (χ2v) is 8.76. The number of carbonyl (C=O) groups excluding carboxylic acids is 1. The summed E-state index contributed by atoms with van der Waals surface area (Å²) in [6.45, 7) is 5.90. The molecule has 0 saturated heterocycles. The highest BCUT2D eigenvalue weighted by molar-refractivity contribution is 7.89. The van der Waals surface area contributed by atoms with Gasteiger partial charge in [0, 0.05) is 25.0 Å². The Kier molecular flexibility index (Phi) is 6.54. The molecule has 0 aliphatic heterocycles. The number of amides is 1. The van der Waals surface area contributed by atoms with Crippen LogP contribution in [0.5, 0.6) is 0 Å². The molecule has 26 heavy (non-hydrogen) atoms. The Morgan fingerprint density at radius 1 is 1.23 bits per heavy atom. The normalized spacial score (nSPS) is 13.0. The van der Waals surface area contributed by atoms with Gasteiger partial charge in [-0.05, 0) is 36.6 Å². The molecular weight excluding hydrogens is 375 g/mol. The van der Waals surface area contributed by atoms with E-state index in [4.69, 9.17) is 0 Å². The van der Waals surface area contributed by atoms with Crippen molar-refractivity contribution in [1.82, 2.24) is 9.21 Å². The average molecular weight is 399 g/mol. The van der Waals surface area contributed by atoms with Crippen LogP contribution in [0.2, 0.25) is 0 Å². The number of nitrogens with zero attached hydrogens (tertiary/aromatic N) is 2. The molecule has 142 valence electrons. The molecule has 1 aromatic carbocycles. The van der Waals surface area contributed by atoms with Gasteiger partial charge in [-0.3, -0.25) is 4.79 Å². The van der Waals surface area contributed by atoms with Crippen LogP contribution in [0.15, 0.2) is 40.6 Å². The minimum atomic E-state index is -3.77. The number of benzene rings is 1. The Morgan fingerprint density at radius 3 is 2.42 bits per heavy atom. The van der Waals surface area contributed by atoms with E-state index < -0.39 is 21.7 Å². The Labute approximate surface area is 158 Å². The maximum Gasteiger partial charge on any atom is 0.257 e. The fraction of sp³-hybridized carbons (Fsp3) is 0.389. The zero-order valence-corrected chi connectivity index (χ0v) is 16.9. The molecule has 1 amide bonds. The van der Waals surface area contributed by atoms with Crippen molar-refractivity contribution in [3.63, 3.8) is 0 Å². The third kappa shape index (κ3) is 3.97. The van der Waals surface area contributed by atoms with Crippen molar-refractivity contribution >= 4 is 27.3 Å². The summed E-state index contributed by atoms with van der Waals surface area (Å²) in [6, 6.07) is 6.90. The van der Waals surface area contributed by atoms with E-state index in [1.807, 2.05) is 24.4 Å². The Hall–Kier alpha value is -1.77. The topological polar surface area (TPSA) is 57.7 Å². The highest BCUT2D eigenvalue weighted by atomic mass is 32.2. The quantitative estimate of drug-likeness (QED) is 0.714. The maximum absolute atomic E-state index is 14.3. The van der Waals surface area contributed by atoms with Crippen molar-refractivity contribution in [3.05, 3.63) is 52.0 Å². The molecule has 2 rings (SSSR count). The van der Waals surface area contributed by atoms with Gasteiger partial charge >= 0.3 is 0 Å². The first-order valence-electron chi connectivity index (χ1n) is 8.34. The van der Waals surface area contributed by atoms with Crippen LogP contribution in [0.25, 0.3) is 0 Å². The molecule has 1 heterocycles. The highest BCUT2D eigenvalue weighted by Gasteiger charge is 2.27. The average Bonchev–Trinajstić information content (AvgIpc) is 3.15. The number of thiophene rings is 1. The van der Waals surface area contributed by atoms with Gasteiger partial charge < -0.3 is 4.90 Å². The van der Waals surface area contributed by atoms with Crippen LogP contribution < -0.4 is 0 Å². The van der Waals surface area contributed by atoms with Crippen molar-refractivity contribution in [1.29, 1.82) is 0 Å². The Bertz CT molecular complexity index is 863. The summed E-state index contributed by atoms with van der Waals surface area (Å²) in [7, 11) is -2.18. The third-order valence-corrected chi connectivity index (χ3v) is 7.46. The van der Waals surface area contributed by atoms with Crippen LogP contribution in [0.1, 0.15) is 42.0 Å². The summed E-state index contributed by atoms with van der Waals surface area (Å²) >= 11 is 1.50. The van der Waals surface area contributed by atoms with Crippen LogP contribution >= 0.6 is 11.3 Å². The first-order valence-corrected chi connectivity index (χ1v) is 10.7. The summed E-state index contributed by atoms with van der Waals surface area (Å²) in [6.07, 6.45) is 0.